The number of aryl methyl sites for hydroxylation is 1. The third kappa shape index (κ3) is 3.34. The number of imidazole rings is 1. The van der Waals surface area contributed by atoms with E-state index in [9.17, 15) is 0 Å². The summed E-state index contributed by atoms with van der Waals surface area (Å²) in [4.78, 5) is 4.34. The van der Waals surface area contributed by atoms with Crippen molar-refractivity contribution in [2.24, 2.45) is 11.7 Å². The minimum atomic E-state index is 0.588. The lowest BCUT2D eigenvalue weighted by Gasteiger charge is -2.18. The normalized spacial score (nSPS) is 13.0. The summed E-state index contributed by atoms with van der Waals surface area (Å²) in [6, 6.07) is 0. The third-order valence-electron chi connectivity index (χ3n) is 3.33. The predicted octanol–water partition coefficient (Wildman–Crippen LogP) is 2.87. The summed E-state index contributed by atoms with van der Waals surface area (Å²) in [5.41, 5.74) is 6.88. The van der Waals surface area contributed by atoms with Gasteiger partial charge in [0.2, 0.25) is 0 Å². The number of nitrogens with zero attached hydrogens (tertiary/aromatic N) is 2. The van der Waals surface area contributed by atoms with Crippen molar-refractivity contribution in [2.45, 2.75) is 59.5 Å². The monoisotopic (exact) mass is 223 g/mol. The molecule has 0 saturated carbocycles. The zero-order valence-electron chi connectivity index (χ0n) is 10.9. The van der Waals surface area contributed by atoms with Crippen molar-refractivity contribution < 1.29 is 0 Å². The maximum atomic E-state index is 5.72. The van der Waals surface area contributed by atoms with Crippen LogP contribution in [0.5, 0.6) is 0 Å². The SMILES string of the molecule is CCCCC(CC)Cn1c(CN)cnc1C. The molecule has 92 valence electrons. The van der Waals surface area contributed by atoms with Gasteiger partial charge in [-0.05, 0) is 19.3 Å². The van der Waals surface area contributed by atoms with E-state index in [2.05, 4.69) is 30.3 Å². The van der Waals surface area contributed by atoms with E-state index >= 15 is 0 Å². The second kappa shape index (κ2) is 6.69. The van der Waals surface area contributed by atoms with Gasteiger partial charge in [0.15, 0.2) is 0 Å². The molecular weight excluding hydrogens is 198 g/mol. The van der Waals surface area contributed by atoms with Crippen LogP contribution < -0.4 is 5.73 Å². The van der Waals surface area contributed by atoms with Crippen molar-refractivity contribution in [3.8, 4) is 0 Å². The first kappa shape index (κ1) is 13.2. The Balaban J connectivity index is 2.65. The van der Waals surface area contributed by atoms with E-state index in [0.29, 0.717) is 6.54 Å². The first-order chi connectivity index (χ1) is 7.72. The van der Waals surface area contributed by atoms with Crippen LogP contribution in [0.15, 0.2) is 6.20 Å². The van der Waals surface area contributed by atoms with Crippen LogP contribution in [0, 0.1) is 12.8 Å². The van der Waals surface area contributed by atoms with Crippen LogP contribution in [0.2, 0.25) is 0 Å². The Morgan fingerprint density at radius 3 is 2.75 bits per heavy atom. The van der Waals surface area contributed by atoms with Crippen molar-refractivity contribution >= 4 is 0 Å². The van der Waals surface area contributed by atoms with Gasteiger partial charge in [0.1, 0.15) is 5.82 Å². The number of unbranched alkanes of at least 4 members (excludes halogenated alkanes) is 1. The Hall–Kier alpha value is -0.830. The fourth-order valence-electron chi connectivity index (χ4n) is 2.10. The molecule has 0 aliphatic heterocycles. The Kier molecular flexibility index (Phi) is 5.53. The number of nitrogens with two attached hydrogens (primary N) is 1. The molecule has 0 saturated heterocycles. The highest BCUT2D eigenvalue weighted by Gasteiger charge is 2.11. The van der Waals surface area contributed by atoms with Gasteiger partial charge >= 0.3 is 0 Å². The van der Waals surface area contributed by atoms with Crippen molar-refractivity contribution in [3.63, 3.8) is 0 Å². The standard InChI is InChI=1S/C13H25N3/c1-4-6-7-12(5-2)10-16-11(3)15-9-13(16)8-14/h9,12H,4-8,10,14H2,1-3H3. The molecule has 0 aromatic carbocycles. The van der Waals surface area contributed by atoms with Crippen molar-refractivity contribution in [2.75, 3.05) is 0 Å². The lowest BCUT2D eigenvalue weighted by Crippen LogP contribution is -2.15. The van der Waals surface area contributed by atoms with Gasteiger partial charge in [-0.2, -0.15) is 0 Å². The van der Waals surface area contributed by atoms with Crippen LogP contribution in [0.4, 0.5) is 0 Å². The van der Waals surface area contributed by atoms with Gasteiger partial charge in [-0.15, -0.1) is 0 Å². The van der Waals surface area contributed by atoms with E-state index in [1.165, 1.54) is 25.7 Å². The summed E-state index contributed by atoms with van der Waals surface area (Å²) < 4.78 is 2.28. The first-order valence-corrected chi connectivity index (χ1v) is 6.43. The predicted molar refractivity (Wildman–Crippen MR) is 68.2 cm³/mol. The Morgan fingerprint density at radius 2 is 2.19 bits per heavy atom. The average Bonchev–Trinajstić information content (AvgIpc) is 2.65. The second-order valence-corrected chi connectivity index (χ2v) is 4.53. The largest absolute Gasteiger partial charge is 0.331 e. The zero-order valence-corrected chi connectivity index (χ0v) is 10.9. The van der Waals surface area contributed by atoms with Gasteiger partial charge in [-0.3, -0.25) is 0 Å². The molecular formula is C13H25N3. The van der Waals surface area contributed by atoms with Crippen LogP contribution >= 0.6 is 0 Å². The van der Waals surface area contributed by atoms with E-state index in [0.717, 1.165) is 24.0 Å². The van der Waals surface area contributed by atoms with Crippen LogP contribution in [0.25, 0.3) is 0 Å². The maximum absolute atomic E-state index is 5.72. The van der Waals surface area contributed by atoms with E-state index in [1.807, 2.05) is 6.20 Å². The molecule has 1 rings (SSSR count). The summed E-state index contributed by atoms with van der Waals surface area (Å²) in [5, 5.41) is 0. The molecule has 2 N–H and O–H groups in total. The summed E-state index contributed by atoms with van der Waals surface area (Å²) in [6.45, 7) is 8.25. The molecule has 0 spiro atoms. The molecule has 0 amide bonds. The Labute approximate surface area is 99.1 Å². The van der Waals surface area contributed by atoms with Crippen LogP contribution in [-0.2, 0) is 13.1 Å². The quantitative estimate of drug-likeness (QED) is 0.772. The van der Waals surface area contributed by atoms with E-state index in [4.69, 9.17) is 5.73 Å². The van der Waals surface area contributed by atoms with Crippen molar-refractivity contribution in [3.05, 3.63) is 17.7 Å². The lowest BCUT2D eigenvalue weighted by molar-refractivity contribution is 0.382. The summed E-state index contributed by atoms with van der Waals surface area (Å²) in [6.07, 6.45) is 7.06. The molecule has 0 bridgehead atoms. The minimum absolute atomic E-state index is 0.588. The van der Waals surface area contributed by atoms with E-state index < -0.39 is 0 Å². The van der Waals surface area contributed by atoms with Gasteiger partial charge in [0.05, 0.1) is 5.69 Å². The molecule has 0 aliphatic carbocycles. The summed E-state index contributed by atoms with van der Waals surface area (Å²) in [5.74, 6) is 1.86. The fraction of sp³-hybridized carbons (Fsp3) is 0.769. The Morgan fingerprint density at radius 1 is 1.44 bits per heavy atom. The maximum Gasteiger partial charge on any atom is 0.105 e. The van der Waals surface area contributed by atoms with Gasteiger partial charge in [-0.25, -0.2) is 4.98 Å². The molecule has 0 fully saturated rings. The first-order valence-electron chi connectivity index (χ1n) is 6.43. The van der Waals surface area contributed by atoms with Gasteiger partial charge in [-0.1, -0.05) is 33.1 Å². The highest BCUT2D eigenvalue weighted by Crippen LogP contribution is 2.17. The number of rotatable bonds is 7. The summed E-state index contributed by atoms with van der Waals surface area (Å²) >= 11 is 0. The van der Waals surface area contributed by atoms with Crippen LogP contribution in [0.1, 0.15) is 51.0 Å². The second-order valence-electron chi connectivity index (χ2n) is 4.53. The number of hydrogen-bond acceptors (Lipinski definition) is 2. The lowest BCUT2D eigenvalue weighted by atomic mass is 9.99. The molecule has 3 heteroatoms. The third-order valence-corrected chi connectivity index (χ3v) is 3.33. The highest BCUT2D eigenvalue weighted by molar-refractivity contribution is 5.04. The molecule has 1 aromatic rings. The van der Waals surface area contributed by atoms with E-state index in [-0.39, 0.29) is 0 Å². The van der Waals surface area contributed by atoms with Crippen LogP contribution in [0.3, 0.4) is 0 Å². The van der Waals surface area contributed by atoms with E-state index in [1.54, 1.807) is 0 Å². The average molecular weight is 223 g/mol. The minimum Gasteiger partial charge on any atom is -0.331 e. The van der Waals surface area contributed by atoms with Crippen LogP contribution in [-0.4, -0.2) is 9.55 Å². The van der Waals surface area contributed by atoms with Crippen molar-refractivity contribution in [1.82, 2.24) is 9.55 Å². The molecule has 1 atom stereocenters. The smallest absolute Gasteiger partial charge is 0.105 e. The molecule has 3 nitrogen and oxygen atoms in total. The fourth-order valence-corrected chi connectivity index (χ4v) is 2.10. The molecule has 1 aromatic heterocycles. The molecule has 1 heterocycles. The molecule has 1 unspecified atom stereocenters. The van der Waals surface area contributed by atoms with Gasteiger partial charge in [0, 0.05) is 19.3 Å². The molecule has 16 heavy (non-hydrogen) atoms. The number of hydrogen-bond donors (Lipinski definition) is 1. The molecule has 0 aliphatic rings. The zero-order chi connectivity index (χ0) is 12.0. The molecule has 0 radical (unpaired) electrons. The number of aromatic nitrogens is 2. The van der Waals surface area contributed by atoms with Gasteiger partial charge in [0.25, 0.3) is 0 Å². The Bertz CT molecular complexity index is 304. The van der Waals surface area contributed by atoms with Gasteiger partial charge < -0.3 is 10.3 Å². The topological polar surface area (TPSA) is 43.8 Å². The van der Waals surface area contributed by atoms with Crippen molar-refractivity contribution in [1.29, 1.82) is 0 Å². The summed E-state index contributed by atoms with van der Waals surface area (Å²) in [7, 11) is 0. The highest BCUT2D eigenvalue weighted by atomic mass is 15.1.